The molecule has 2 aromatic rings. The fourth-order valence-corrected chi connectivity index (χ4v) is 4.72. The number of fused-ring (bicyclic) bond motifs is 3. The van der Waals surface area contributed by atoms with E-state index in [-0.39, 0.29) is 18.5 Å². The van der Waals surface area contributed by atoms with Crippen LogP contribution >= 0.6 is 0 Å². The highest BCUT2D eigenvalue weighted by molar-refractivity contribution is 6.10. The van der Waals surface area contributed by atoms with Gasteiger partial charge < -0.3 is 19.3 Å². The van der Waals surface area contributed by atoms with E-state index in [1.165, 1.54) is 4.90 Å². The Hall–Kier alpha value is -4.01. The van der Waals surface area contributed by atoms with Crippen LogP contribution in [0.4, 0.5) is 10.5 Å². The van der Waals surface area contributed by atoms with Crippen molar-refractivity contribution in [3.05, 3.63) is 65.5 Å². The normalized spacial score (nSPS) is 21.4. The molecule has 3 heterocycles. The molecule has 176 valence electrons. The topological polar surface area (TPSA) is 77.9 Å². The van der Waals surface area contributed by atoms with Gasteiger partial charge >= 0.3 is 6.03 Å². The lowest BCUT2D eigenvalue weighted by atomic mass is 10.1. The Balaban J connectivity index is 1.49. The molecule has 0 aliphatic carbocycles. The van der Waals surface area contributed by atoms with Crippen LogP contribution in [0.5, 0.6) is 11.5 Å². The minimum atomic E-state index is -0.633. The number of rotatable bonds is 5. The minimum absolute atomic E-state index is 0.222. The van der Waals surface area contributed by atoms with Crippen LogP contribution in [0.1, 0.15) is 18.1 Å². The number of carbonyl (C=O) groups excluding carboxylic acids is 2. The maximum absolute atomic E-state index is 13.7. The van der Waals surface area contributed by atoms with Gasteiger partial charge in [0.2, 0.25) is 5.96 Å². The van der Waals surface area contributed by atoms with Crippen molar-refractivity contribution in [1.29, 1.82) is 0 Å². The molecule has 0 spiro atoms. The highest BCUT2D eigenvalue weighted by Crippen LogP contribution is 2.41. The molecule has 0 aromatic heterocycles. The van der Waals surface area contributed by atoms with Gasteiger partial charge in [-0.25, -0.2) is 9.79 Å². The van der Waals surface area contributed by atoms with E-state index in [1.54, 1.807) is 32.2 Å². The van der Waals surface area contributed by atoms with Crippen molar-refractivity contribution in [3.63, 3.8) is 0 Å². The molecule has 1 fully saturated rings. The first-order valence-corrected chi connectivity index (χ1v) is 11.0. The molecule has 0 bridgehead atoms. The Labute approximate surface area is 198 Å². The summed E-state index contributed by atoms with van der Waals surface area (Å²) in [6.07, 6.45) is 1.29. The fraction of sp³-hybridized carbons (Fsp3) is 0.320. The second-order valence-electron chi connectivity index (χ2n) is 8.58. The molecule has 2 unspecified atom stereocenters. The summed E-state index contributed by atoms with van der Waals surface area (Å²) < 4.78 is 10.9. The first-order valence-electron chi connectivity index (χ1n) is 11.0. The van der Waals surface area contributed by atoms with Crippen molar-refractivity contribution in [1.82, 2.24) is 14.7 Å². The number of carbonyl (C=O) groups is 2. The molecule has 3 amide bonds. The zero-order valence-electron chi connectivity index (χ0n) is 19.8. The number of aliphatic imine (C=N–C) groups is 1. The van der Waals surface area contributed by atoms with Gasteiger partial charge in [0, 0.05) is 25.0 Å². The highest BCUT2D eigenvalue weighted by Gasteiger charge is 2.54. The van der Waals surface area contributed by atoms with Crippen molar-refractivity contribution in [2.24, 2.45) is 4.99 Å². The van der Waals surface area contributed by atoms with Crippen molar-refractivity contribution in [3.8, 4) is 11.5 Å². The number of anilines is 1. The number of benzene rings is 2. The van der Waals surface area contributed by atoms with Gasteiger partial charge in [-0.2, -0.15) is 0 Å². The largest absolute Gasteiger partial charge is 0.497 e. The number of aryl methyl sites for hydroxylation is 1. The van der Waals surface area contributed by atoms with Crippen molar-refractivity contribution in [2.75, 3.05) is 26.2 Å². The average Bonchev–Trinajstić information content (AvgIpc) is 3.35. The van der Waals surface area contributed by atoms with Gasteiger partial charge in [-0.05, 0) is 37.1 Å². The number of imide groups is 1. The summed E-state index contributed by atoms with van der Waals surface area (Å²) in [5, 5.41) is 0. The molecule has 2 aromatic carbocycles. The maximum Gasteiger partial charge on any atom is 0.328 e. The Kier molecular flexibility index (Phi) is 5.19. The minimum Gasteiger partial charge on any atom is -0.497 e. The molecule has 0 N–H and O–H groups in total. The zero-order chi connectivity index (χ0) is 24.1. The average molecular weight is 462 g/mol. The van der Waals surface area contributed by atoms with Crippen LogP contribution in [0.2, 0.25) is 0 Å². The Bertz CT molecular complexity index is 1240. The Morgan fingerprint density at radius 1 is 1.03 bits per heavy atom. The SMILES string of the molecule is COc1ccc(N2C(C)=CN3C2=NC2C3C(=O)N(Cc3ccccc3C)C(=O)N2C)c(OC)c1. The number of hydrogen-bond acceptors (Lipinski definition) is 7. The summed E-state index contributed by atoms with van der Waals surface area (Å²) in [5.74, 6) is 1.61. The van der Waals surface area contributed by atoms with Crippen LogP contribution in [0.3, 0.4) is 0 Å². The quantitative estimate of drug-likeness (QED) is 0.681. The molecule has 5 rings (SSSR count). The van der Waals surface area contributed by atoms with E-state index in [4.69, 9.17) is 14.5 Å². The molecule has 9 heteroatoms. The summed E-state index contributed by atoms with van der Waals surface area (Å²) in [7, 11) is 4.89. The number of amides is 3. The predicted octanol–water partition coefficient (Wildman–Crippen LogP) is 3.15. The number of nitrogens with zero attached hydrogens (tertiary/aromatic N) is 5. The lowest BCUT2D eigenvalue weighted by molar-refractivity contribution is -0.137. The molecule has 9 nitrogen and oxygen atoms in total. The lowest BCUT2D eigenvalue weighted by Crippen LogP contribution is -2.63. The Morgan fingerprint density at radius 2 is 1.79 bits per heavy atom. The van der Waals surface area contributed by atoms with Gasteiger partial charge in [-0.15, -0.1) is 0 Å². The maximum atomic E-state index is 13.7. The van der Waals surface area contributed by atoms with E-state index in [9.17, 15) is 9.59 Å². The second-order valence-corrected chi connectivity index (χ2v) is 8.58. The summed E-state index contributed by atoms with van der Waals surface area (Å²) in [4.78, 5) is 38.3. The van der Waals surface area contributed by atoms with Gasteiger partial charge in [0.1, 0.15) is 11.5 Å². The van der Waals surface area contributed by atoms with E-state index < -0.39 is 12.2 Å². The second kappa shape index (κ2) is 8.09. The number of hydrogen-bond donors (Lipinski definition) is 0. The first kappa shape index (κ1) is 21.8. The van der Waals surface area contributed by atoms with E-state index in [0.717, 1.165) is 22.5 Å². The lowest BCUT2D eigenvalue weighted by Gasteiger charge is -2.40. The van der Waals surface area contributed by atoms with Gasteiger partial charge in [0.15, 0.2) is 12.2 Å². The van der Waals surface area contributed by atoms with Crippen LogP contribution in [0.15, 0.2) is 59.4 Å². The third-order valence-electron chi connectivity index (χ3n) is 6.61. The third-order valence-corrected chi connectivity index (χ3v) is 6.61. The van der Waals surface area contributed by atoms with Gasteiger partial charge in [-0.1, -0.05) is 24.3 Å². The van der Waals surface area contributed by atoms with E-state index in [0.29, 0.717) is 17.5 Å². The number of likely N-dealkylation sites (N-methyl/N-ethyl adjacent to an activating group) is 1. The molecule has 1 saturated heterocycles. The van der Waals surface area contributed by atoms with Crippen LogP contribution < -0.4 is 14.4 Å². The van der Waals surface area contributed by atoms with Crippen LogP contribution in [-0.4, -0.2) is 66.1 Å². The number of allylic oxidation sites excluding steroid dienone is 1. The van der Waals surface area contributed by atoms with Crippen LogP contribution in [0.25, 0.3) is 0 Å². The fourth-order valence-electron chi connectivity index (χ4n) is 4.72. The number of urea groups is 1. The first-order chi connectivity index (χ1) is 16.3. The van der Waals surface area contributed by atoms with Crippen molar-refractivity contribution < 1.29 is 19.1 Å². The van der Waals surface area contributed by atoms with Crippen LogP contribution in [0, 0.1) is 6.92 Å². The molecule has 0 saturated carbocycles. The van der Waals surface area contributed by atoms with E-state index in [1.807, 2.05) is 66.2 Å². The number of guanidine groups is 1. The standard InChI is InChI=1S/C25H27N5O4/c1-15-8-6-7-9-17(15)14-29-23(31)21-22(27(3)25(29)32)26-24-28(21)13-16(2)30(24)19-11-10-18(33-4)12-20(19)34-5/h6-13,21-22H,14H2,1-5H3. The highest BCUT2D eigenvalue weighted by atomic mass is 16.5. The number of ether oxygens (including phenoxy) is 2. The summed E-state index contributed by atoms with van der Waals surface area (Å²) in [6, 6.07) is 12.3. The van der Waals surface area contributed by atoms with Gasteiger partial charge in [-0.3, -0.25) is 14.6 Å². The van der Waals surface area contributed by atoms with Crippen molar-refractivity contribution >= 4 is 23.6 Å². The van der Waals surface area contributed by atoms with Gasteiger partial charge in [0.25, 0.3) is 5.91 Å². The van der Waals surface area contributed by atoms with E-state index in [2.05, 4.69) is 0 Å². The smallest absolute Gasteiger partial charge is 0.328 e. The molecule has 0 radical (unpaired) electrons. The van der Waals surface area contributed by atoms with E-state index >= 15 is 0 Å². The zero-order valence-corrected chi connectivity index (χ0v) is 19.8. The summed E-state index contributed by atoms with van der Waals surface area (Å²) in [6.45, 7) is 4.15. The molecule has 2 atom stereocenters. The molecule has 3 aliphatic heterocycles. The molecular formula is C25H27N5O4. The Morgan fingerprint density at radius 3 is 2.50 bits per heavy atom. The molecule has 3 aliphatic rings. The summed E-state index contributed by atoms with van der Waals surface area (Å²) >= 11 is 0. The monoisotopic (exact) mass is 461 g/mol. The predicted molar refractivity (Wildman–Crippen MR) is 128 cm³/mol. The number of methoxy groups -OCH3 is 2. The summed E-state index contributed by atoms with van der Waals surface area (Å²) in [5.41, 5.74) is 3.63. The molecular weight excluding hydrogens is 434 g/mol. The molecule has 34 heavy (non-hydrogen) atoms. The third kappa shape index (κ3) is 3.19. The van der Waals surface area contributed by atoms with Gasteiger partial charge in [0.05, 0.1) is 26.5 Å². The van der Waals surface area contributed by atoms with Crippen molar-refractivity contribution in [2.45, 2.75) is 32.6 Å². The van der Waals surface area contributed by atoms with Crippen LogP contribution in [-0.2, 0) is 11.3 Å².